The third kappa shape index (κ3) is 4.41. The Morgan fingerprint density at radius 3 is 1.24 bits per heavy atom. The highest BCUT2D eigenvalue weighted by Gasteiger charge is 2.18. The Hall–Kier alpha value is -4.29. The molecule has 6 aromatic rings. The number of aromatic amines is 2. The van der Waals surface area contributed by atoms with Crippen LogP contribution < -0.4 is 9.80 Å². The van der Waals surface area contributed by atoms with Crippen LogP contribution >= 0.6 is 12.4 Å². The van der Waals surface area contributed by atoms with E-state index in [0.717, 1.165) is 71.0 Å². The van der Waals surface area contributed by atoms with Gasteiger partial charge < -0.3 is 19.8 Å². The number of hydrogen-bond acceptors (Lipinski definition) is 4. The molecule has 1 saturated heterocycles. The Bertz CT molecular complexity index is 1450. The van der Waals surface area contributed by atoms with Crippen molar-refractivity contribution < 1.29 is 0 Å². The van der Waals surface area contributed by atoms with Gasteiger partial charge in [-0.3, -0.25) is 0 Å². The van der Waals surface area contributed by atoms with E-state index < -0.39 is 0 Å². The van der Waals surface area contributed by atoms with Gasteiger partial charge in [-0.1, -0.05) is 24.3 Å². The van der Waals surface area contributed by atoms with Gasteiger partial charge >= 0.3 is 0 Å². The van der Waals surface area contributed by atoms with E-state index in [9.17, 15) is 0 Å². The topological polar surface area (TPSA) is 63.8 Å². The maximum atomic E-state index is 4.72. The fraction of sp³-hybridized carbons (Fsp3) is 0.133. The van der Waals surface area contributed by atoms with Crippen LogP contribution in [0, 0.1) is 0 Å². The quantitative estimate of drug-likeness (QED) is 0.285. The number of para-hydroxylation sites is 4. The molecule has 0 spiro atoms. The molecule has 7 rings (SSSR count). The number of aromatic nitrogens is 4. The van der Waals surface area contributed by atoms with Crippen LogP contribution in [0.2, 0.25) is 0 Å². The minimum atomic E-state index is 0. The van der Waals surface area contributed by atoms with Crippen LogP contribution in [-0.2, 0) is 0 Å². The lowest BCUT2D eigenvalue weighted by atomic mass is 10.1. The van der Waals surface area contributed by atoms with E-state index in [1.807, 2.05) is 36.4 Å². The summed E-state index contributed by atoms with van der Waals surface area (Å²) in [5.41, 5.74) is 8.87. The monoisotopic (exact) mass is 506 g/mol. The van der Waals surface area contributed by atoms with E-state index in [0.29, 0.717) is 0 Å². The molecule has 1 aliphatic rings. The van der Waals surface area contributed by atoms with E-state index in [1.165, 1.54) is 11.4 Å². The SMILES string of the molecule is Cl.c1ccc2[nH]c(-c3ccc(N4CCN(c5ccc(-c6nc7ccccc7[nH]6)cc5)CC4)cc3)nc2c1. The number of H-pyrrole nitrogens is 2. The number of anilines is 2. The largest absolute Gasteiger partial charge is 0.368 e. The molecule has 4 aromatic carbocycles. The lowest BCUT2D eigenvalue weighted by molar-refractivity contribution is 0.653. The number of rotatable bonds is 4. The molecule has 37 heavy (non-hydrogen) atoms. The number of benzene rings is 4. The van der Waals surface area contributed by atoms with Gasteiger partial charge in [0.15, 0.2) is 0 Å². The van der Waals surface area contributed by atoms with Crippen molar-refractivity contribution in [2.24, 2.45) is 0 Å². The molecule has 1 fully saturated rings. The fourth-order valence-corrected chi connectivity index (χ4v) is 5.06. The maximum absolute atomic E-state index is 4.72. The summed E-state index contributed by atoms with van der Waals surface area (Å²) in [6, 6.07) is 33.8. The number of fused-ring (bicyclic) bond motifs is 2. The molecule has 184 valence electrons. The molecule has 0 radical (unpaired) electrons. The van der Waals surface area contributed by atoms with Crippen LogP contribution in [0.15, 0.2) is 97.1 Å². The molecule has 7 heteroatoms. The van der Waals surface area contributed by atoms with Gasteiger partial charge in [-0.25, -0.2) is 9.97 Å². The molecule has 6 nitrogen and oxygen atoms in total. The Morgan fingerprint density at radius 1 is 0.486 bits per heavy atom. The van der Waals surface area contributed by atoms with E-state index >= 15 is 0 Å². The zero-order valence-electron chi connectivity index (χ0n) is 20.3. The summed E-state index contributed by atoms with van der Waals surface area (Å²) < 4.78 is 0. The second-order valence-electron chi connectivity index (χ2n) is 9.27. The van der Waals surface area contributed by atoms with Crippen molar-refractivity contribution in [1.82, 2.24) is 19.9 Å². The van der Waals surface area contributed by atoms with Gasteiger partial charge in [-0.2, -0.15) is 0 Å². The first-order valence-corrected chi connectivity index (χ1v) is 12.4. The van der Waals surface area contributed by atoms with Crippen molar-refractivity contribution in [2.75, 3.05) is 36.0 Å². The Morgan fingerprint density at radius 2 is 0.865 bits per heavy atom. The van der Waals surface area contributed by atoms with Crippen molar-refractivity contribution in [2.45, 2.75) is 0 Å². The highest BCUT2D eigenvalue weighted by Crippen LogP contribution is 2.27. The van der Waals surface area contributed by atoms with Crippen molar-refractivity contribution in [3.8, 4) is 22.8 Å². The zero-order valence-corrected chi connectivity index (χ0v) is 21.1. The van der Waals surface area contributed by atoms with Gasteiger partial charge in [0.25, 0.3) is 0 Å². The number of nitrogens with one attached hydrogen (secondary N) is 2. The molecule has 0 aliphatic carbocycles. The van der Waals surface area contributed by atoms with E-state index in [4.69, 9.17) is 9.97 Å². The van der Waals surface area contributed by atoms with Crippen molar-refractivity contribution >= 4 is 45.8 Å². The zero-order chi connectivity index (χ0) is 23.9. The van der Waals surface area contributed by atoms with E-state index in [2.05, 4.69) is 80.4 Å². The molecule has 3 heterocycles. The van der Waals surface area contributed by atoms with Crippen LogP contribution in [-0.4, -0.2) is 46.1 Å². The summed E-state index contributed by atoms with van der Waals surface area (Å²) >= 11 is 0. The number of hydrogen-bond donors (Lipinski definition) is 2. The highest BCUT2D eigenvalue weighted by atomic mass is 35.5. The second-order valence-corrected chi connectivity index (χ2v) is 9.27. The smallest absolute Gasteiger partial charge is 0.138 e. The number of nitrogens with zero attached hydrogens (tertiary/aromatic N) is 4. The summed E-state index contributed by atoms with van der Waals surface area (Å²) in [6.45, 7) is 3.98. The number of halogens is 1. The summed E-state index contributed by atoms with van der Waals surface area (Å²) in [5, 5.41) is 0. The van der Waals surface area contributed by atoms with Gasteiger partial charge in [0, 0.05) is 48.7 Å². The van der Waals surface area contributed by atoms with E-state index in [1.54, 1.807) is 0 Å². The Balaban J connectivity index is 0.00000252. The minimum absolute atomic E-state index is 0. The first-order chi connectivity index (χ1) is 17.8. The molecule has 2 N–H and O–H groups in total. The predicted octanol–water partition coefficient (Wildman–Crippen LogP) is 6.52. The van der Waals surface area contributed by atoms with Crippen LogP contribution in [0.25, 0.3) is 44.8 Å². The number of piperazine rings is 1. The van der Waals surface area contributed by atoms with Crippen LogP contribution in [0.5, 0.6) is 0 Å². The maximum Gasteiger partial charge on any atom is 0.138 e. The Labute approximate surface area is 221 Å². The third-order valence-corrected chi connectivity index (χ3v) is 7.07. The molecule has 1 aliphatic heterocycles. The van der Waals surface area contributed by atoms with Crippen LogP contribution in [0.4, 0.5) is 11.4 Å². The molecule has 0 saturated carbocycles. The lowest BCUT2D eigenvalue weighted by Crippen LogP contribution is -2.46. The average Bonchev–Trinajstić information content (AvgIpc) is 3.58. The normalized spacial score (nSPS) is 13.7. The highest BCUT2D eigenvalue weighted by molar-refractivity contribution is 5.85. The van der Waals surface area contributed by atoms with Crippen LogP contribution in [0.1, 0.15) is 0 Å². The van der Waals surface area contributed by atoms with Crippen LogP contribution in [0.3, 0.4) is 0 Å². The third-order valence-electron chi connectivity index (χ3n) is 7.07. The minimum Gasteiger partial charge on any atom is -0.368 e. The van der Waals surface area contributed by atoms with Gasteiger partial charge in [0.05, 0.1) is 22.1 Å². The Kier molecular flexibility index (Phi) is 6.02. The van der Waals surface area contributed by atoms with Gasteiger partial charge in [-0.05, 0) is 72.8 Å². The molecule has 2 aromatic heterocycles. The van der Waals surface area contributed by atoms with Gasteiger partial charge in [0.1, 0.15) is 11.6 Å². The average molecular weight is 507 g/mol. The van der Waals surface area contributed by atoms with E-state index in [-0.39, 0.29) is 12.4 Å². The first-order valence-electron chi connectivity index (χ1n) is 12.4. The standard InChI is InChI=1S/C30H26N6.ClH/c1-2-6-26-25(5-1)31-29(32-26)21-9-13-23(14-10-21)35-17-19-36(20-18-35)24-15-11-22(12-16-24)30-33-27-7-3-4-8-28(27)34-30;/h1-16H,17-20H2,(H,31,32)(H,33,34);1H. The fourth-order valence-electron chi connectivity index (χ4n) is 5.06. The molecule has 0 atom stereocenters. The second kappa shape index (κ2) is 9.64. The molecular weight excluding hydrogens is 480 g/mol. The summed E-state index contributed by atoms with van der Waals surface area (Å²) in [4.78, 5) is 21.2. The summed E-state index contributed by atoms with van der Waals surface area (Å²) in [5.74, 6) is 1.83. The summed E-state index contributed by atoms with van der Waals surface area (Å²) in [6.07, 6.45) is 0. The van der Waals surface area contributed by atoms with Crippen molar-refractivity contribution in [3.05, 3.63) is 97.1 Å². The molecular formula is C30H27ClN6. The molecule has 0 unspecified atom stereocenters. The van der Waals surface area contributed by atoms with Gasteiger partial charge in [0.2, 0.25) is 0 Å². The summed E-state index contributed by atoms with van der Waals surface area (Å²) in [7, 11) is 0. The van der Waals surface area contributed by atoms with Crippen molar-refractivity contribution in [1.29, 1.82) is 0 Å². The number of imidazole rings is 2. The molecule has 0 bridgehead atoms. The van der Waals surface area contributed by atoms with Gasteiger partial charge in [-0.15, -0.1) is 12.4 Å². The molecule has 0 amide bonds. The lowest BCUT2D eigenvalue weighted by Gasteiger charge is -2.37. The van der Waals surface area contributed by atoms with Crippen molar-refractivity contribution in [3.63, 3.8) is 0 Å². The first kappa shape index (κ1) is 23.1. The predicted molar refractivity (Wildman–Crippen MR) is 155 cm³/mol.